The van der Waals surface area contributed by atoms with E-state index in [9.17, 15) is 4.79 Å². The minimum atomic E-state index is -0.00676. The molecule has 146 valence electrons. The van der Waals surface area contributed by atoms with Gasteiger partial charge in [-0.2, -0.15) is 0 Å². The number of amides is 1. The Kier molecular flexibility index (Phi) is 5.39. The highest BCUT2D eigenvalue weighted by atomic mass is 35.5. The Morgan fingerprint density at radius 1 is 1.00 bits per heavy atom. The number of piperazine rings is 1. The largest absolute Gasteiger partial charge is 0.370 e. The van der Waals surface area contributed by atoms with E-state index in [0.29, 0.717) is 12.5 Å². The molecule has 2 aliphatic rings. The van der Waals surface area contributed by atoms with E-state index >= 15 is 0 Å². The third kappa shape index (κ3) is 3.92. The molecule has 28 heavy (non-hydrogen) atoms. The van der Waals surface area contributed by atoms with Gasteiger partial charge in [-0.15, -0.1) is 0 Å². The summed E-state index contributed by atoms with van der Waals surface area (Å²) in [6, 6.07) is 15.9. The van der Waals surface area contributed by atoms with Crippen molar-refractivity contribution in [2.75, 3.05) is 49.1 Å². The zero-order chi connectivity index (χ0) is 19.5. The predicted molar refractivity (Wildman–Crippen MR) is 114 cm³/mol. The Balaban J connectivity index is 1.31. The van der Waals surface area contributed by atoms with E-state index < -0.39 is 0 Å². The number of anilines is 2. The third-order valence-electron chi connectivity index (χ3n) is 5.36. The monoisotopic (exact) mass is 397 g/mol. The number of carbonyl (C=O) groups is 1. The molecule has 0 bridgehead atoms. The summed E-state index contributed by atoms with van der Waals surface area (Å²) in [5, 5.41) is 0.740. The molecule has 0 spiro atoms. The van der Waals surface area contributed by atoms with Gasteiger partial charge < -0.3 is 20.4 Å². The number of hydrogen-bond acceptors (Lipinski definition) is 3. The SMILES string of the molecule is NC(=NCC(=O)N1CCc2ccccc21)N1CCN(c2ccc(Cl)cc2)CC1. The highest BCUT2D eigenvalue weighted by Crippen LogP contribution is 2.27. The number of carbonyl (C=O) groups excluding carboxylic acids is 1. The Bertz CT molecular complexity index is 875. The van der Waals surface area contributed by atoms with Crippen LogP contribution in [0.5, 0.6) is 0 Å². The number of guanidine groups is 1. The number of nitrogens with zero attached hydrogens (tertiary/aromatic N) is 4. The second kappa shape index (κ2) is 8.10. The summed E-state index contributed by atoms with van der Waals surface area (Å²) in [6.45, 7) is 4.05. The van der Waals surface area contributed by atoms with Gasteiger partial charge in [0, 0.05) is 49.1 Å². The molecule has 2 heterocycles. The lowest BCUT2D eigenvalue weighted by atomic mass is 10.2. The van der Waals surface area contributed by atoms with Crippen molar-refractivity contribution in [3.63, 3.8) is 0 Å². The van der Waals surface area contributed by atoms with E-state index in [4.69, 9.17) is 17.3 Å². The van der Waals surface area contributed by atoms with Crippen molar-refractivity contribution in [1.29, 1.82) is 0 Å². The summed E-state index contributed by atoms with van der Waals surface area (Å²) in [7, 11) is 0. The van der Waals surface area contributed by atoms with Gasteiger partial charge in [-0.05, 0) is 42.3 Å². The van der Waals surface area contributed by atoms with Gasteiger partial charge in [0.05, 0.1) is 0 Å². The summed E-state index contributed by atoms with van der Waals surface area (Å²) < 4.78 is 0. The van der Waals surface area contributed by atoms with Gasteiger partial charge in [0.15, 0.2) is 5.96 Å². The van der Waals surface area contributed by atoms with E-state index in [1.54, 1.807) is 0 Å². The van der Waals surface area contributed by atoms with E-state index in [1.807, 2.05) is 52.3 Å². The number of aliphatic imine (C=N–C) groups is 1. The molecule has 6 nitrogen and oxygen atoms in total. The fourth-order valence-corrected chi connectivity index (χ4v) is 3.90. The summed E-state index contributed by atoms with van der Waals surface area (Å²) in [4.78, 5) is 23.1. The number of rotatable bonds is 3. The molecule has 0 aliphatic carbocycles. The second-order valence-electron chi connectivity index (χ2n) is 7.05. The van der Waals surface area contributed by atoms with Gasteiger partial charge in [0.2, 0.25) is 5.91 Å². The van der Waals surface area contributed by atoms with Crippen LogP contribution in [0.25, 0.3) is 0 Å². The molecule has 0 unspecified atom stereocenters. The second-order valence-corrected chi connectivity index (χ2v) is 7.49. The van der Waals surface area contributed by atoms with Crippen LogP contribution in [0.2, 0.25) is 5.02 Å². The van der Waals surface area contributed by atoms with Crippen LogP contribution >= 0.6 is 11.6 Å². The molecule has 2 aromatic carbocycles. The number of benzene rings is 2. The Hall–Kier alpha value is -2.73. The molecule has 0 radical (unpaired) electrons. The maximum Gasteiger partial charge on any atom is 0.248 e. The van der Waals surface area contributed by atoms with E-state index in [1.165, 1.54) is 5.56 Å². The van der Waals surface area contributed by atoms with Crippen LogP contribution in [0.1, 0.15) is 5.56 Å². The Morgan fingerprint density at radius 2 is 1.71 bits per heavy atom. The van der Waals surface area contributed by atoms with Crippen molar-refractivity contribution >= 4 is 34.8 Å². The first-order valence-electron chi connectivity index (χ1n) is 9.55. The standard InChI is InChI=1S/C21H24ClN5O/c22-17-5-7-18(8-6-17)25-11-13-26(14-12-25)21(23)24-15-20(28)27-10-9-16-3-1-2-4-19(16)27/h1-8H,9-15H2,(H2,23,24). The molecule has 7 heteroatoms. The minimum absolute atomic E-state index is 0.00676. The van der Waals surface area contributed by atoms with Crippen LogP contribution in [-0.2, 0) is 11.2 Å². The number of para-hydroxylation sites is 1. The van der Waals surface area contributed by atoms with Crippen LogP contribution < -0.4 is 15.5 Å². The van der Waals surface area contributed by atoms with Gasteiger partial charge in [-0.3, -0.25) is 4.79 Å². The quantitative estimate of drug-likeness (QED) is 0.638. The lowest BCUT2D eigenvalue weighted by Crippen LogP contribution is -2.51. The molecule has 2 N–H and O–H groups in total. The van der Waals surface area contributed by atoms with Crippen LogP contribution in [-0.4, -0.2) is 56.0 Å². The van der Waals surface area contributed by atoms with E-state index in [0.717, 1.165) is 49.0 Å². The molecule has 2 aromatic rings. The highest BCUT2D eigenvalue weighted by molar-refractivity contribution is 6.30. The van der Waals surface area contributed by atoms with Crippen LogP contribution in [0.15, 0.2) is 53.5 Å². The molecular formula is C21H24ClN5O. The molecule has 1 amide bonds. The summed E-state index contributed by atoms with van der Waals surface area (Å²) in [5.41, 5.74) is 9.53. The first-order chi connectivity index (χ1) is 13.6. The number of halogens is 1. The fourth-order valence-electron chi connectivity index (χ4n) is 3.78. The van der Waals surface area contributed by atoms with Crippen molar-refractivity contribution < 1.29 is 4.79 Å². The van der Waals surface area contributed by atoms with Crippen molar-refractivity contribution in [3.05, 3.63) is 59.1 Å². The van der Waals surface area contributed by atoms with Gasteiger partial charge in [0.25, 0.3) is 0 Å². The third-order valence-corrected chi connectivity index (χ3v) is 5.61. The van der Waals surface area contributed by atoms with Gasteiger partial charge in [0.1, 0.15) is 6.54 Å². The van der Waals surface area contributed by atoms with Crippen molar-refractivity contribution in [3.8, 4) is 0 Å². The molecule has 0 aromatic heterocycles. The average Bonchev–Trinajstić information content (AvgIpc) is 3.17. The molecule has 1 saturated heterocycles. The van der Waals surface area contributed by atoms with Gasteiger partial charge in [-0.25, -0.2) is 4.99 Å². The molecular weight excluding hydrogens is 374 g/mol. The van der Waals surface area contributed by atoms with Gasteiger partial charge >= 0.3 is 0 Å². The smallest absolute Gasteiger partial charge is 0.248 e. The first-order valence-corrected chi connectivity index (χ1v) is 9.93. The minimum Gasteiger partial charge on any atom is -0.370 e. The number of hydrogen-bond donors (Lipinski definition) is 1. The van der Waals surface area contributed by atoms with Crippen LogP contribution in [0, 0.1) is 0 Å². The molecule has 1 fully saturated rings. The van der Waals surface area contributed by atoms with Crippen molar-refractivity contribution in [2.24, 2.45) is 10.7 Å². The lowest BCUT2D eigenvalue weighted by molar-refractivity contribution is -0.117. The number of fused-ring (bicyclic) bond motifs is 1. The summed E-state index contributed by atoms with van der Waals surface area (Å²) in [6.07, 6.45) is 0.897. The zero-order valence-corrected chi connectivity index (χ0v) is 16.5. The van der Waals surface area contributed by atoms with Gasteiger partial charge in [-0.1, -0.05) is 29.8 Å². The van der Waals surface area contributed by atoms with E-state index in [-0.39, 0.29) is 12.5 Å². The molecule has 4 rings (SSSR count). The lowest BCUT2D eigenvalue weighted by Gasteiger charge is -2.36. The first kappa shape index (κ1) is 18.6. The zero-order valence-electron chi connectivity index (χ0n) is 15.7. The molecule has 0 saturated carbocycles. The highest BCUT2D eigenvalue weighted by Gasteiger charge is 2.24. The topological polar surface area (TPSA) is 65.2 Å². The molecule has 2 aliphatic heterocycles. The summed E-state index contributed by atoms with van der Waals surface area (Å²) >= 11 is 5.96. The normalized spacial score (nSPS) is 17.0. The maximum atomic E-state index is 12.6. The Labute approximate surface area is 170 Å². The predicted octanol–water partition coefficient (Wildman–Crippen LogP) is 2.37. The molecule has 0 atom stereocenters. The maximum absolute atomic E-state index is 12.6. The number of nitrogens with two attached hydrogens (primary N) is 1. The fraction of sp³-hybridized carbons (Fsp3) is 0.333. The van der Waals surface area contributed by atoms with Crippen molar-refractivity contribution in [2.45, 2.75) is 6.42 Å². The Morgan fingerprint density at radius 3 is 2.46 bits per heavy atom. The van der Waals surface area contributed by atoms with Crippen LogP contribution in [0.4, 0.5) is 11.4 Å². The van der Waals surface area contributed by atoms with Crippen LogP contribution in [0.3, 0.4) is 0 Å². The average molecular weight is 398 g/mol. The summed E-state index contributed by atoms with van der Waals surface area (Å²) in [5.74, 6) is 0.435. The van der Waals surface area contributed by atoms with E-state index in [2.05, 4.69) is 16.0 Å². The van der Waals surface area contributed by atoms with Crippen molar-refractivity contribution in [1.82, 2.24) is 4.90 Å².